The van der Waals surface area contributed by atoms with Crippen LogP contribution >= 0.6 is 0 Å². The van der Waals surface area contributed by atoms with Crippen LogP contribution in [0.1, 0.15) is 38.5 Å². The van der Waals surface area contributed by atoms with Gasteiger partial charge in [0.05, 0.1) is 6.04 Å². The summed E-state index contributed by atoms with van der Waals surface area (Å²) in [6.07, 6.45) is 7.37. The van der Waals surface area contributed by atoms with Crippen LogP contribution in [-0.2, 0) is 4.79 Å². The minimum atomic E-state index is 0.0202. The minimum absolute atomic E-state index is 0.0202. The smallest absolute Gasteiger partial charge is 0.239 e. The molecule has 90 valence electrons. The maximum atomic E-state index is 11.9. The van der Waals surface area contributed by atoms with Gasteiger partial charge in [0.1, 0.15) is 0 Å². The van der Waals surface area contributed by atoms with Crippen LogP contribution in [0.25, 0.3) is 0 Å². The lowest BCUT2D eigenvalue weighted by Crippen LogP contribution is -2.46. The van der Waals surface area contributed by atoms with Gasteiger partial charge in [-0.25, -0.2) is 0 Å². The third-order valence-corrected chi connectivity index (χ3v) is 3.71. The van der Waals surface area contributed by atoms with Crippen molar-refractivity contribution in [2.75, 3.05) is 20.6 Å². The van der Waals surface area contributed by atoms with Gasteiger partial charge in [0.25, 0.3) is 0 Å². The molecule has 0 aromatic heterocycles. The van der Waals surface area contributed by atoms with Crippen LogP contribution in [0.15, 0.2) is 11.1 Å². The Morgan fingerprint density at radius 3 is 2.56 bits per heavy atom. The van der Waals surface area contributed by atoms with Crippen molar-refractivity contribution in [2.24, 2.45) is 0 Å². The Morgan fingerprint density at radius 2 is 1.88 bits per heavy atom. The molecule has 0 saturated heterocycles. The predicted octanol–water partition coefficient (Wildman–Crippen LogP) is 1.70. The van der Waals surface area contributed by atoms with Crippen molar-refractivity contribution in [3.05, 3.63) is 11.1 Å². The Bertz CT molecular complexity index is 307. The molecule has 3 heteroatoms. The molecule has 1 atom stereocenters. The molecular formula is C13H22N2O. The number of carbonyl (C=O) groups excluding carboxylic acids is 1. The summed E-state index contributed by atoms with van der Waals surface area (Å²) in [5, 5.41) is 3.38. The van der Waals surface area contributed by atoms with Gasteiger partial charge in [-0.15, -0.1) is 0 Å². The Kier molecular flexibility index (Phi) is 3.64. The maximum Gasteiger partial charge on any atom is 0.239 e. The van der Waals surface area contributed by atoms with Gasteiger partial charge in [-0.05, 0) is 32.1 Å². The Morgan fingerprint density at radius 1 is 1.19 bits per heavy atom. The van der Waals surface area contributed by atoms with Crippen LogP contribution in [-0.4, -0.2) is 37.5 Å². The van der Waals surface area contributed by atoms with Gasteiger partial charge >= 0.3 is 0 Å². The molecule has 0 spiro atoms. The second kappa shape index (κ2) is 5.00. The highest BCUT2D eigenvalue weighted by atomic mass is 16.2. The van der Waals surface area contributed by atoms with Crippen LogP contribution in [0.2, 0.25) is 0 Å². The van der Waals surface area contributed by atoms with Gasteiger partial charge in [0, 0.05) is 20.6 Å². The SMILES string of the molecule is CN(C)C(=O)C1CC2=C(CCCCC2)CN1. The van der Waals surface area contributed by atoms with E-state index in [1.54, 1.807) is 16.0 Å². The van der Waals surface area contributed by atoms with E-state index in [1.165, 1.54) is 32.1 Å². The van der Waals surface area contributed by atoms with Crippen molar-refractivity contribution in [3.8, 4) is 0 Å². The normalized spacial score (nSPS) is 26.0. The Labute approximate surface area is 97.9 Å². The van der Waals surface area contributed by atoms with Crippen molar-refractivity contribution >= 4 is 5.91 Å². The van der Waals surface area contributed by atoms with E-state index in [2.05, 4.69) is 5.32 Å². The zero-order chi connectivity index (χ0) is 11.5. The van der Waals surface area contributed by atoms with Gasteiger partial charge in [-0.1, -0.05) is 17.6 Å². The third kappa shape index (κ3) is 2.46. The molecule has 1 aliphatic carbocycles. The van der Waals surface area contributed by atoms with Crippen molar-refractivity contribution in [2.45, 2.75) is 44.6 Å². The number of nitrogens with one attached hydrogen (secondary N) is 1. The molecule has 2 aliphatic rings. The van der Waals surface area contributed by atoms with E-state index in [9.17, 15) is 4.79 Å². The van der Waals surface area contributed by atoms with Crippen molar-refractivity contribution < 1.29 is 4.79 Å². The number of rotatable bonds is 1. The molecule has 1 amide bonds. The molecule has 0 aromatic carbocycles. The van der Waals surface area contributed by atoms with Crippen LogP contribution in [0.5, 0.6) is 0 Å². The van der Waals surface area contributed by atoms with Gasteiger partial charge < -0.3 is 10.2 Å². The summed E-state index contributed by atoms with van der Waals surface area (Å²) < 4.78 is 0. The Hall–Kier alpha value is -0.830. The molecule has 0 fully saturated rings. The minimum Gasteiger partial charge on any atom is -0.347 e. The van der Waals surface area contributed by atoms with Crippen LogP contribution in [0.3, 0.4) is 0 Å². The average Bonchev–Trinajstić information content (AvgIpc) is 2.51. The van der Waals surface area contributed by atoms with Crippen LogP contribution in [0.4, 0.5) is 0 Å². The summed E-state index contributed by atoms with van der Waals surface area (Å²) >= 11 is 0. The lowest BCUT2D eigenvalue weighted by molar-refractivity contribution is -0.130. The molecule has 2 rings (SSSR count). The summed E-state index contributed by atoms with van der Waals surface area (Å²) in [6, 6.07) is 0.0202. The highest BCUT2D eigenvalue weighted by Crippen LogP contribution is 2.29. The van der Waals surface area contributed by atoms with Crippen molar-refractivity contribution in [1.29, 1.82) is 0 Å². The number of likely N-dealkylation sites (N-methyl/N-ethyl adjacent to an activating group) is 1. The van der Waals surface area contributed by atoms with Gasteiger partial charge in [-0.3, -0.25) is 4.79 Å². The fourth-order valence-electron chi connectivity index (χ4n) is 2.72. The number of amides is 1. The highest BCUT2D eigenvalue weighted by Gasteiger charge is 2.27. The first-order chi connectivity index (χ1) is 7.68. The quantitative estimate of drug-likeness (QED) is 0.685. The summed E-state index contributed by atoms with van der Waals surface area (Å²) in [4.78, 5) is 13.6. The first-order valence-corrected chi connectivity index (χ1v) is 6.33. The molecule has 0 radical (unpaired) electrons. The largest absolute Gasteiger partial charge is 0.347 e. The Balaban J connectivity index is 2.05. The second-order valence-corrected chi connectivity index (χ2v) is 5.14. The van der Waals surface area contributed by atoms with E-state index >= 15 is 0 Å². The number of hydrogen-bond acceptors (Lipinski definition) is 2. The topological polar surface area (TPSA) is 32.3 Å². The highest BCUT2D eigenvalue weighted by molar-refractivity contribution is 5.82. The lowest BCUT2D eigenvalue weighted by atomic mass is 9.92. The molecule has 1 unspecified atom stereocenters. The lowest BCUT2D eigenvalue weighted by Gasteiger charge is -2.29. The molecular weight excluding hydrogens is 200 g/mol. The fraction of sp³-hybridized carbons (Fsp3) is 0.769. The van der Waals surface area contributed by atoms with Gasteiger partial charge in [0.2, 0.25) is 5.91 Å². The standard InChI is InChI=1S/C13H22N2O/c1-15(2)13(16)12-8-10-6-4-3-5-7-11(10)9-14-12/h12,14H,3-9H2,1-2H3. The molecule has 0 bridgehead atoms. The van der Waals surface area contributed by atoms with Crippen molar-refractivity contribution in [1.82, 2.24) is 10.2 Å². The molecule has 1 N–H and O–H groups in total. The number of nitrogens with zero attached hydrogens (tertiary/aromatic N) is 1. The molecule has 1 aliphatic heterocycles. The molecule has 0 aromatic rings. The fourth-order valence-corrected chi connectivity index (χ4v) is 2.72. The number of carbonyl (C=O) groups is 1. The summed E-state index contributed by atoms with van der Waals surface area (Å²) in [7, 11) is 3.67. The zero-order valence-corrected chi connectivity index (χ0v) is 10.4. The molecule has 1 heterocycles. The number of hydrogen-bond donors (Lipinski definition) is 1. The first kappa shape index (κ1) is 11.6. The summed E-state index contributed by atoms with van der Waals surface area (Å²) in [6.45, 7) is 0.930. The van der Waals surface area contributed by atoms with E-state index in [1.807, 2.05) is 14.1 Å². The van der Waals surface area contributed by atoms with Crippen LogP contribution in [0, 0.1) is 0 Å². The predicted molar refractivity (Wildman–Crippen MR) is 65.2 cm³/mol. The maximum absolute atomic E-state index is 11.9. The molecule has 16 heavy (non-hydrogen) atoms. The average molecular weight is 222 g/mol. The molecule has 0 saturated carbocycles. The monoisotopic (exact) mass is 222 g/mol. The third-order valence-electron chi connectivity index (χ3n) is 3.71. The zero-order valence-electron chi connectivity index (χ0n) is 10.4. The van der Waals surface area contributed by atoms with E-state index in [0.29, 0.717) is 0 Å². The van der Waals surface area contributed by atoms with Crippen LogP contribution < -0.4 is 5.32 Å². The van der Waals surface area contributed by atoms with E-state index in [0.717, 1.165) is 13.0 Å². The van der Waals surface area contributed by atoms with Crippen molar-refractivity contribution in [3.63, 3.8) is 0 Å². The molecule has 3 nitrogen and oxygen atoms in total. The second-order valence-electron chi connectivity index (χ2n) is 5.14. The summed E-state index contributed by atoms with van der Waals surface area (Å²) in [5.74, 6) is 0.218. The van der Waals surface area contributed by atoms with E-state index in [-0.39, 0.29) is 11.9 Å². The summed E-state index contributed by atoms with van der Waals surface area (Å²) in [5.41, 5.74) is 3.15. The first-order valence-electron chi connectivity index (χ1n) is 6.33. The van der Waals surface area contributed by atoms with Gasteiger partial charge in [0.15, 0.2) is 0 Å². The van der Waals surface area contributed by atoms with E-state index in [4.69, 9.17) is 0 Å². The van der Waals surface area contributed by atoms with E-state index < -0.39 is 0 Å². The van der Waals surface area contributed by atoms with Gasteiger partial charge in [-0.2, -0.15) is 0 Å².